The maximum Gasteiger partial charge on any atom is 0.387 e. The Morgan fingerprint density at radius 2 is 2.10 bits per heavy atom. The number of rotatable bonds is 8. The molecule has 0 saturated heterocycles. The molecule has 1 aromatic rings. The molecule has 1 unspecified atom stereocenters. The molecule has 1 N–H and O–H groups in total. The van der Waals surface area contributed by atoms with Gasteiger partial charge in [0.05, 0.1) is 7.11 Å². The van der Waals surface area contributed by atoms with Crippen molar-refractivity contribution in [3.05, 3.63) is 29.8 Å². The van der Waals surface area contributed by atoms with Gasteiger partial charge >= 0.3 is 6.61 Å². The number of methoxy groups -OCH3 is 1. The number of para-hydroxylation sites is 1. The van der Waals surface area contributed by atoms with Gasteiger partial charge in [0, 0.05) is 11.6 Å². The first-order valence-corrected chi connectivity index (χ1v) is 6.61. The second-order valence-electron chi connectivity index (χ2n) is 4.36. The van der Waals surface area contributed by atoms with Gasteiger partial charge in [-0.1, -0.05) is 31.2 Å². The molecule has 0 saturated carbocycles. The Balaban J connectivity index is 2.90. The van der Waals surface area contributed by atoms with Crippen molar-refractivity contribution in [1.82, 2.24) is 5.32 Å². The van der Waals surface area contributed by atoms with Crippen molar-refractivity contribution in [3.63, 3.8) is 0 Å². The van der Waals surface area contributed by atoms with E-state index in [0.29, 0.717) is 11.3 Å². The molecule has 0 spiro atoms. The quantitative estimate of drug-likeness (QED) is 0.790. The molecule has 0 aliphatic carbocycles. The summed E-state index contributed by atoms with van der Waals surface area (Å²) in [6, 6.07) is 5.19. The van der Waals surface area contributed by atoms with Crippen LogP contribution in [0.1, 0.15) is 25.8 Å². The van der Waals surface area contributed by atoms with Gasteiger partial charge in [0.1, 0.15) is 0 Å². The van der Waals surface area contributed by atoms with E-state index in [2.05, 4.69) is 17.0 Å². The van der Waals surface area contributed by atoms with Crippen LogP contribution in [0.4, 0.5) is 8.78 Å². The van der Waals surface area contributed by atoms with Crippen LogP contribution in [0.2, 0.25) is 0 Å². The van der Waals surface area contributed by atoms with Crippen LogP contribution in [0.15, 0.2) is 24.3 Å². The molecule has 112 valence electrons. The SMILES string of the molecule is CCCNC(C)/C=C/c1cccc(OC)c1OC(F)F. The van der Waals surface area contributed by atoms with E-state index in [9.17, 15) is 8.78 Å². The van der Waals surface area contributed by atoms with E-state index in [1.165, 1.54) is 7.11 Å². The van der Waals surface area contributed by atoms with Crippen molar-refractivity contribution in [1.29, 1.82) is 0 Å². The summed E-state index contributed by atoms with van der Waals surface area (Å²) in [7, 11) is 1.42. The Labute approximate surface area is 118 Å². The molecule has 5 heteroatoms. The lowest BCUT2D eigenvalue weighted by molar-refractivity contribution is -0.0513. The average Bonchev–Trinajstić information content (AvgIpc) is 2.43. The zero-order chi connectivity index (χ0) is 15.0. The molecule has 20 heavy (non-hydrogen) atoms. The van der Waals surface area contributed by atoms with Crippen LogP contribution in [0.5, 0.6) is 11.5 Å². The lowest BCUT2D eigenvalue weighted by Gasteiger charge is -2.13. The first-order chi connectivity index (χ1) is 9.58. The van der Waals surface area contributed by atoms with Gasteiger partial charge in [-0.25, -0.2) is 0 Å². The van der Waals surface area contributed by atoms with Crippen LogP contribution in [0.25, 0.3) is 6.08 Å². The third kappa shape index (κ3) is 5.17. The first-order valence-electron chi connectivity index (χ1n) is 6.61. The number of benzene rings is 1. The van der Waals surface area contributed by atoms with Crippen molar-refractivity contribution in [2.75, 3.05) is 13.7 Å². The van der Waals surface area contributed by atoms with Crippen LogP contribution in [-0.4, -0.2) is 26.3 Å². The highest BCUT2D eigenvalue weighted by Crippen LogP contribution is 2.33. The minimum absolute atomic E-state index is 0.0592. The summed E-state index contributed by atoms with van der Waals surface area (Å²) >= 11 is 0. The Kier molecular flexibility index (Phi) is 7.01. The summed E-state index contributed by atoms with van der Waals surface area (Å²) in [4.78, 5) is 0. The van der Waals surface area contributed by atoms with Gasteiger partial charge in [-0.05, 0) is 26.0 Å². The third-order valence-electron chi connectivity index (χ3n) is 2.72. The predicted molar refractivity (Wildman–Crippen MR) is 76.4 cm³/mol. The van der Waals surface area contributed by atoms with E-state index in [0.717, 1.165) is 13.0 Å². The molecular weight excluding hydrogens is 264 g/mol. The van der Waals surface area contributed by atoms with E-state index >= 15 is 0 Å². The molecule has 1 atom stereocenters. The normalized spacial score (nSPS) is 12.9. The summed E-state index contributed by atoms with van der Waals surface area (Å²) in [5.41, 5.74) is 0.565. The molecule has 0 radical (unpaired) electrons. The maximum absolute atomic E-state index is 12.5. The minimum atomic E-state index is -2.88. The highest BCUT2D eigenvalue weighted by molar-refractivity contribution is 5.62. The second kappa shape index (κ2) is 8.53. The number of ether oxygens (including phenoxy) is 2. The molecular formula is C15H21F2NO2. The van der Waals surface area contributed by atoms with Crippen LogP contribution < -0.4 is 14.8 Å². The van der Waals surface area contributed by atoms with Gasteiger partial charge in [0.2, 0.25) is 0 Å². The molecule has 3 nitrogen and oxygen atoms in total. The van der Waals surface area contributed by atoms with E-state index in [-0.39, 0.29) is 11.8 Å². The molecule has 0 aliphatic rings. The fourth-order valence-corrected chi connectivity index (χ4v) is 1.73. The van der Waals surface area contributed by atoms with E-state index in [1.807, 2.05) is 13.0 Å². The maximum atomic E-state index is 12.5. The number of hydrogen-bond donors (Lipinski definition) is 1. The van der Waals surface area contributed by atoms with Gasteiger partial charge in [0.15, 0.2) is 11.5 Å². The summed E-state index contributed by atoms with van der Waals surface area (Å²) in [6.45, 7) is 2.11. The minimum Gasteiger partial charge on any atom is -0.493 e. The fourth-order valence-electron chi connectivity index (χ4n) is 1.73. The largest absolute Gasteiger partial charge is 0.493 e. The van der Waals surface area contributed by atoms with Crippen molar-refractivity contribution >= 4 is 6.08 Å². The predicted octanol–water partition coefficient (Wildman–Crippen LogP) is 3.70. The number of nitrogens with one attached hydrogen (secondary N) is 1. The highest BCUT2D eigenvalue weighted by atomic mass is 19.3. The number of hydrogen-bond acceptors (Lipinski definition) is 3. The molecule has 1 aromatic carbocycles. The topological polar surface area (TPSA) is 30.5 Å². The van der Waals surface area contributed by atoms with Gasteiger partial charge in [-0.3, -0.25) is 0 Å². The Hall–Kier alpha value is -1.62. The van der Waals surface area contributed by atoms with Crippen LogP contribution in [-0.2, 0) is 0 Å². The standard InChI is InChI=1S/C15H21F2NO2/c1-4-10-18-11(2)8-9-12-6-5-7-13(19-3)14(12)20-15(16)17/h5-9,11,15,18H,4,10H2,1-3H3/b9-8+. The smallest absolute Gasteiger partial charge is 0.387 e. The summed E-state index contributed by atoms with van der Waals surface area (Å²) < 4.78 is 34.5. The van der Waals surface area contributed by atoms with E-state index in [4.69, 9.17) is 4.74 Å². The molecule has 0 fully saturated rings. The van der Waals surface area contributed by atoms with Crippen molar-refractivity contribution in [2.24, 2.45) is 0 Å². The van der Waals surface area contributed by atoms with Crippen LogP contribution in [0, 0.1) is 0 Å². The third-order valence-corrected chi connectivity index (χ3v) is 2.72. The summed E-state index contributed by atoms with van der Waals surface area (Å²) in [5.74, 6) is 0.352. The fraction of sp³-hybridized carbons (Fsp3) is 0.467. The number of halogens is 2. The van der Waals surface area contributed by atoms with Crippen molar-refractivity contribution < 1.29 is 18.3 Å². The molecule has 0 amide bonds. The second-order valence-corrected chi connectivity index (χ2v) is 4.36. The van der Waals surface area contributed by atoms with Crippen molar-refractivity contribution in [3.8, 4) is 11.5 Å². The number of alkyl halides is 2. The Morgan fingerprint density at radius 3 is 2.70 bits per heavy atom. The van der Waals surface area contributed by atoms with Crippen LogP contribution in [0.3, 0.4) is 0 Å². The van der Waals surface area contributed by atoms with E-state index in [1.54, 1.807) is 24.3 Å². The van der Waals surface area contributed by atoms with Gasteiger partial charge < -0.3 is 14.8 Å². The monoisotopic (exact) mass is 285 g/mol. The lowest BCUT2D eigenvalue weighted by Crippen LogP contribution is -2.24. The van der Waals surface area contributed by atoms with Gasteiger partial charge in [-0.2, -0.15) is 8.78 Å². The molecule has 0 aliphatic heterocycles. The summed E-state index contributed by atoms with van der Waals surface area (Å²) in [5, 5.41) is 3.28. The Bertz CT molecular complexity index is 436. The van der Waals surface area contributed by atoms with Gasteiger partial charge in [0.25, 0.3) is 0 Å². The molecule has 0 heterocycles. The first kappa shape index (κ1) is 16.4. The van der Waals surface area contributed by atoms with Gasteiger partial charge in [-0.15, -0.1) is 0 Å². The Morgan fingerprint density at radius 1 is 1.35 bits per heavy atom. The van der Waals surface area contributed by atoms with Crippen LogP contribution >= 0.6 is 0 Å². The van der Waals surface area contributed by atoms with E-state index < -0.39 is 6.61 Å². The highest BCUT2D eigenvalue weighted by Gasteiger charge is 2.13. The average molecular weight is 285 g/mol. The molecule has 1 rings (SSSR count). The zero-order valence-corrected chi connectivity index (χ0v) is 12.0. The van der Waals surface area contributed by atoms with Crippen molar-refractivity contribution in [2.45, 2.75) is 32.9 Å². The lowest BCUT2D eigenvalue weighted by atomic mass is 10.1. The molecule has 0 aromatic heterocycles. The molecule has 0 bridgehead atoms. The zero-order valence-electron chi connectivity index (χ0n) is 12.0. The summed E-state index contributed by atoms with van der Waals surface area (Å²) in [6.07, 6.45) is 4.70.